The number of aliphatic carboxylic acids is 1. The largest absolute Gasteiger partial charge is 0.492 e. The molecule has 1 aliphatic heterocycles. The highest BCUT2D eigenvalue weighted by Crippen LogP contribution is 2.35. The number of piperidine rings is 1. The summed E-state index contributed by atoms with van der Waals surface area (Å²) in [5, 5.41) is 19.6. The number of amides is 2. The molecular formula is C43H49N3O9. The molecule has 0 bridgehead atoms. The van der Waals surface area contributed by atoms with Crippen molar-refractivity contribution >= 4 is 35.3 Å². The molecule has 12 nitrogen and oxygen atoms in total. The maximum atomic E-state index is 12.4. The maximum Gasteiger partial charge on any atom is 0.407 e. The van der Waals surface area contributed by atoms with Crippen LogP contribution in [0.15, 0.2) is 109 Å². The number of benzene rings is 4. The smallest absolute Gasteiger partial charge is 0.407 e. The van der Waals surface area contributed by atoms with E-state index in [-0.39, 0.29) is 19.1 Å². The number of rotatable bonds is 14. The first-order valence-corrected chi connectivity index (χ1v) is 18.2. The van der Waals surface area contributed by atoms with Gasteiger partial charge in [0.15, 0.2) is 0 Å². The van der Waals surface area contributed by atoms with Crippen LogP contribution >= 0.6 is 0 Å². The lowest BCUT2D eigenvalue weighted by atomic mass is 9.88. The second-order valence-electron chi connectivity index (χ2n) is 13.0. The van der Waals surface area contributed by atoms with E-state index < -0.39 is 24.1 Å². The molecule has 4 aromatic rings. The zero-order valence-electron chi connectivity index (χ0n) is 31.5. The van der Waals surface area contributed by atoms with Crippen LogP contribution in [-0.2, 0) is 20.9 Å². The Bertz CT molecular complexity index is 1830. The molecule has 0 saturated carbocycles. The summed E-state index contributed by atoms with van der Waals surface area (Å²) >= 11 is 0. The van der Waals surface area contributed by atoms with E-state index in [1.165, 1.54) is 10.5 Å². The summed E-state index contributed by atoms with van der Waals surface area (Å²) in [6, 6.07) is 35.2. The number of hydrogen-bond donors (Lipinski definition) is 3. The van der Waals surface area contributed by atoms with Crippen LogP contribution in [0.1, 0.15) is 48.4 Å². The van der Waals surface area contributed by atoms with Gasteiger partial charge in [-0.3, -0.25) is 4.79 Å². The monoisotopic (exact) mass is 751 g/mol. The third-order valence-electron chi connectivity index (χ3n) is 8.81. The molecule has 0 aromatic heterocycles. The van der Waals surface area contributed by atoms with Crippen molar-refractivity contribution in [3.05, 3.63) is 131 Å². The minimum Gasteiger partial charge on any atom is -0.492 e. The van der Waals surface area contributed by atoms with E-state index in [0.717, 1.165) is 46.5 Å². The molecule has 1 saturated heterocycles. The maximum absolute atomic E-state index is 12.4. The molecular weight excluding hydrogens is 702 g/mol. The first-order valence-electron chi connectivity index (χ1n) is 18.2. The number of ether oxygens (including phenoxy) is 3. The second-order valence-corrected chi connectivity index (χ2v) is 13.0. The average molecular weight is 752 g/mol. The van der Waals surface area contributed by atoms with Gasteiger partial charge in [0.05, 0.1) is 5.92 Å². The number of carbonyl (C=O) groups is 4. The SMILES string of the molecule is CCC(=C(c1ccc(OCCN(C)C)cc1)c1ccc(OC(=O)CNC(=O)OCc2ccccc2)cc1)c1ccccc1.O=C(O)C1CCN(C(=O)O)CC1. The predicted octanol–water partition coefficient (Wildman–Crippen LogP) is 7.29. The van der Waals surface area contributed by atoms with E-state index >= 15 is 0 Å². The number of alkyl carbamates (subject to hydrolysis) is 1. The highest BCUT2D eigenvalue weighted by Gasteiger charge is 2.26. The lowest BCUT2D eigenvalue weighted by Gasteiger charge is -2.27. The number of carboxylic acid groups (broad SMARTS) is 2. The fourth-order valence-electron chi connectivity index (χ4n) is 5.84. The molecule has 5 rings (SSSR count). The Morgan fingerprint density at radius 2 is 1.33 bits per heavy atom. The Labute approximate surface area is 321 Å². The van der Waals surface area contributed by atoms with Gasteiger partial charge in [0.25, 0.3) is 0 Å². The first kappa shape index (κ1) is 41.6. The quantitative estimate of drug-likeness (QED) is 0.0680. The van der Waals surface area contributed by atoms with Gasteiger partial charge in [-0.25, -0.2) is 14.4 Å². The standard InChI is InChI=1S/C36H38N2O5.C7H11NO4/c1-4-33(28-13-9-6-10-14-28)35(29-15-19-31(20-16-29)41-24-23-38(2)3)30-17-21-32(22-18-30)43-34(39)25-37-36(40)42-26-27-11-7-5-8-12-27;9-6(10)5-1-3-8(4-2-5)7(11)12/h5-22H,4,23-26H2,1-3H3,(H,37,40);5H,1-4H2,(H,9,10)(H,11,12). The third kappa shape index (κ3) is 13.7. The van der Waals surface area contributed by atoms with Crippen LogP contribution in [0.5, 0.6) is 11.5 Å². The van der Waals surface area contributed by atoms with Crippen molar-refractivity contribution in [1.82, 2.24) is 15.1 Å². The van der Waals surface area contributed by atoms with Gasteiger partial charge in [-0.1, -0.05) is 91.9 Å². The van der Waals surface area contributed by atoms with Crippen LogP contribution in [0.3, 0.4) is 0 Å². The third-order valence-corrected chi connectivity index (χ3v) is 8.81. The summed E-state index contributed by atoms with van der Waals surface area (Å²) in [4.78, 5) is 48.6. The number of hydrogen-bond acceptors (Lipinski definition) is 8. The van der Waals surface area contributed by atoms with Gasteiger partial charge in [0.2, 0.25) is 0 Å². The van der Waals surface area contributed by atoms with Gasteiger partial charge in [0, 0.05) is 19.6 Å². The minimum atomic E-state index is -0.959. The lowest BCUT2D eigenvalue weighted by Crippen LogP contribution is -2.39. The first-order chi connectivity index (χ1) is 26.5. The summed E-state index contributed by atoms with van der Waals surface area (Å²) in [5.41, 5.74) is 6.34. The van der Waals surface area contributed by atoms with E-state index in [2.05, 4.69) is 41.4 Å². The fourth-order valence-corrected chi connectivity index (χ4v) is 5.84. The molecule has 3 N–H and O–H groups in total. The molecule has 0 spiro atoms. The number of likely N-dealkylation sites (tertiary alicyclic amines) is 1. The lowest BCUT2D eigenvalue weighted by molar-refractivity contribution is -0.143. The molecule has 1 aliphatic rings. The van der Waals surface area contributed by atoms with Crippen molar-refractivity contribution < 1.29 is 43.6 Å². The number of likely N-dealkylation sites (N-methyl/N-ethyl adjacent to an activating group) is 1. The van der Waals surface area contributed by atoms with E-state index in [4.69, 9.17) is 24.4 Å². The highest BCUT2D eigenvalue weighted by molar-refractivity contribution is 5.98. The summed E-state index contributed by atoms with van der Waals surface area (Å²) in [6.07, 6.45) is 0.0406. The molecule has 0 aliphatic carbocycles. The van der Waals surface area contributed by atoms with Crippen LogP contribution in [-0.4, -0.2) is 91.0 Å². The molecule has 0 unspecified atom stereocenters. The topological polar surface area (TPSA) is 155 Å². The van der Waals surface area contributed by atoms with Crippen LogP contribution in [0, 0.1) is 5.92 Å². The van der Waals surface area contributed by atoms with Crippen LogP contribution in [0.2, 0.25) is 0 Å². The number of nitrogens with one attached hydrogen (secondary N) is 1. The molecule has 1 fully saturated rings. The number of nitrogens with zero attached hydrogens (tertiary/aromatic N) is 2. The van der Waals surface area contributed by atoms with Gasteiger partial charge in [0.1, 0.15) is 31.3 Å². The Kier molecular flexibility index (Phi) is 16.3. The normalized spacial score (nSPS) is 13.1. The molecule has 290 valence electrons. The van der Waals surface area contributed by atoms with Crippen molar-refractivity contribution in [2.24, 2.45) is 5.92 Å². The molecule has 4 aromatic carbocycles. The Morgan fingerprint density at radius 3 is 1.85 bits per heavy atom. The van der Waals surface area contributed by atoms with Gasteiger partial charge in [-0.15, -0.1) is 0 Å². The van der Waals surface area contributed by atoms with Crippen LogP contribution in [0.4, 0.5) is 9.59 Å². The van der Waals surface area contributed by atoms with Gasteiger partial charge in [-0.2, -0.15) is 0 Å². The number of carbonyl (C=O) groups excluding carboxylic acids is 2. The molecule has 12 heteroatoms. The molecule has 0 radical (unpaired) electrons. The summed E-state index contributed by atoms with van der Waals surface area (Å²) in [6.45, 7) is 4.09. The van der Waals surface area contributed by atoms with E-state index in [1.54, 1.807) is 12.1 Å². The van der Waals surface area contributed by atoms with Crippen molar-refractivity contribution in [3.8, 4) is 11.5 Å². The average Bonchev–Trinajstić information content (AvgIpc) is 3.20. The van der Waals surface area contributed by atoms with Crippen LogP contribution in [0.25, 0.3) is 11.1 Å². The van der Waals surface area contributed by atoms with Crippen molar-refractivity contribution in [3.63, 3.8) is 0 Å². The molecule has 0 atom stereocenters. The Hall–Kier alpha value is -6.14. The Balaban J connectivity index is 0.000000477. The van der Waals surface area contributed by atoms with Gasteiger partial charge < -0.3 is 39.5 Å². The molecule has 55 heavy (non-hydrogen) atoms. The van der Waals surface area contributed by atoms with Gasteiger partial charge >= 0.3 is 24.1 Å². The summed E-state index contributed by atoms with van der Waals surface area (Å²) in [5.74, 6) is -0.568. The predicted molar refractivity (Wildman–Crippen MR) is 210 cm³/mol. The number of allylic oxidation sites excluding steroid dienone is 1. The second kappa shape index (κ2) is 21.5. The summed E-state index contributed by atoms with van der Waals surface area (Å²) in [7, 11) is 4.04. The van der Waals surface area contributed by atoms with E-state index in [9.17, 15) is 19.2 Å². The van der Waals surface area contributed by atoms with Gasteiger partial charge in [-0.05, 0) is 91.0 Å². The van der Waals surface area contributed by atoms with E-state index in [1.807, 2.05) is 86.9 Å². The highest BCUT2D eigenvalue weighted by atomic mass is 16.6. The molecule has 1 heterocycles. The van der Waals surface area contributed by atoms with Crippen molar-refractivity contribution in [1.29, 1.82) is 0 Å². The minimum absolute atomic E-state index is 0.119. The van der Waals surface area contributed by atoms with Crippen LogP contribution < -0.4 is 14.8 Å². The fraction of sp³-hybridized carbons (Fsp3) is 0.302. The van der Waals surface area contributed by atoms with Crippen molar-refractivity contribution in [2.45, 2.75) is 32.8 Å². The number of esters is 1. The molecule has 2 amide bonds. The summed E-state index contributed by atoms with van der Waals surface area (Å²) < 4.78 is 16.5. The Morgan fingerprint density at radius 1 is 0.764 bits per heavy atom. The van der Waals surface area contributed by atoms with Crippen molar-refractivity contribution in [2.75, 3.05) is 46.9 Å². The zero-order valence-corrected chi connectivity index (χ0v) is 31.5. The van der Waals surface area contributed by atoms with E-state index in [0.29, 0.717) is 38.3 Å². The zero-order chi connectivity index (χ0) is 39.6. The number of carboxylic acids is 1.